The molecule has 1 saturated heterocycles. The number of anilines is 1. The van der Waals surface area contributed by atoms with Crippen molar-refractivity contribution in [2.24, 2.45) is 23.7 Å². The lowest BCUT2D eigenvalue weighted by Crippen LogP contribution is -2.46. The van der Waals surface area contributed by atoms with Gasteiger partial charge in [0.15, 0.2) is 5.13 Å². The van der Waals surface area contributed by atoms with Gasteiger partial charge in [0.05, 0.1) is 11.8 Å². The van der Waals surface area contributed by atoms with Crippen molar-refractivity contribution in [1.82, 2.24) is 9.88 Å². The molecule has 5 atom stereocenters. The van der Waals surface area contributed by atoms with Gasteiger partial charge in [-0.05, 0) is 43.6 Å². The van der Waals surface area contributed by atoms with E-state index in [0.717, 1.165) is 30.6 Å². The summed E-state index contributed by atoms with van der Waals surface area (Å²) in [6.07, 6.45) is 5.56. The van der Waals surface area contributed by atoms with Crippen LogP contribution in [0.5, 0.6) is 0 Å². The van der Waals surface area contributed by atoms with Gasteiger partial charge in [0.25, 0.3) is 0 Å². The summed E-state index contributed by atoms with van der Waals surface area (Å²) in [4.78, 5) is 45.1. The summed E-state index contributed by atoms with van der Waals surface area (Å²) in [5, 5.41) is 3.28. The lowest BCUT2D eigenvalue weighted by Gasteiger charge is -2.23. The van der Waals surface area contributed by atoms with E-state index in [0.29, 0.717) is 17.0 Å². The number of aromatic nitrogens is 1. The number of carbonyl (C=O) groups is 3. The van der Waals surface area contributed by atoms with E-state index in [1.807, 2.05) is 18.2 Å². The van der Waals surface area contributed by atoms with Crippen LogP contribution in [0, 0.1) is 23.7 Å². The predicted octanol–water partition coefficient (Wildman–Crippen LogP) is 3.09. The van der Waals surface area contributed by atoms with Crippen LogP contribution in [0.4, 0.5) is 5.13 Å². The highest BCUT2D eigenvalue weighted by molar-refractivity contribution is 7.15. The molecule has 3 aliphatic rings. The van der Waals surface area contributed by atoms with Gasteiger partial charge in [0.1, 0.15) is 6.04 Å². The Balaban J connectivity index is 1.26. The Labute approximate surface area is 173 Å². The third kappa shape index (κ3) is 3.08. The molecular weight excluding hydrogens is 386 g/mol. The van der Waals surface area contributed by atoms with Crippen molar-refractivity contribution in [1.29, 1.82) is 0 Å². The summed E-state index contributed by atoms with van der Waals surface area (Å²) in [6.45, 7) is 1.63. The molecule has 2 saturated carbocycles. The van der Waals surface area contributed by atoms with Crippen molar-refractivity contribution >= 4 is 34.2 Å². The maximum absolute atomic E-state index is 12.9. The summed E-state index contributed by atoms with van der Waals surface area (Å²) in [5.41, 5.74) is 1.18. The molecule has 1 aromatic carbocycles. The first-order valence-electron chi connectivity index (χ1n) is 10.2. The van der Waals surface area contributed by atoms with Crippen molar-refractivity contribution < 1.29 is 14.4 Å². The van der Waals surface area contributed by atoms with Crippen molar-refractivity contribution in [2.45, 2.75) is 38.6 Å². The molecule has 1 N–H and O–H groups in total. The SMILES string of the molecule is C[C@H](C(=O)Nc1ncc(Cc2ccccc2)s1)N1C(=O)[C@@H]2[C@H]3CC[C@@H](C3)[C@H]2C1=O. The van der Waals surface area contributed by atoms with E-state index in [-0.39, 0.29) is 29.6 Å². The molecule has 2 aromatic rings. The molecule has 3 amide bonds. The Kier molecular flexibility index (Phi) is 4.50. The van der Waals surface area contributed by atoms with Crippen LogP contribution in [-0.4, -0.2) is 33.6 Å². The Morgan fingerprint density at radius 2 is 1.83 bits per heavy atom. The van der Waals surface area contributed by atoms with Gasteiger partial charge in [-0.3, -0.25) is 19.3 Å². The van der Waals surface area contributed by atoms with E-state index in [9.17, 15) is 14.4 Å². The molecule has 1 aliphatic heterocycles. The summed E-state index contributed by atoms with van der Waals surface area (Å²) < 4.78 is 0. The second-order valence-corrected chi connectivity index (χ2v) is 9.51. The highest BCUT2D eigenvalue weighted by Crippen LogP contribution is 2.56. The first-order chi connectivity index (χ1) is 14.0. The van der Waals surface area contributed by atoms with Gasteiger partial charge < -0.3 is 5.32 Å². The number of nitrogens with zero attached hydrogens (tertiary/aromatic N) is 2. The predicted molar refractivity (Wildman–Crippen MR) is 109 cm³/mol. The van der Waals surface area contributed by atoms with E-state index in [1.54, 1.807) is 13.1 Å². The molecule has 0 radical (unpaired) electrons. The average Bonchev–Trinajstić information content (AvgIpc) is 3.48. The number of nitrogens with one attached hydrogen (secondary N) is 1. The fourth-order valence-electron chi connectivity index (χ4n) is 5.38. The van der Waals surface area contributed by atoms with Crippen LogP contribution in [0.3, 0.4) is 0 Å². The largest absolute Gasteiger partial charge is 0.300 e. The summed E-state index contributed by atoms with van der Waals surface area (Å²) >= 11 is 1.41. The number of thiazole rings is 1. The molecule has 150 valence electrons. The van der Waals surface area contributed by atoms with E-state index in [4.69, 9.17) is 0 Å². The summed E-state index contributed by atoms with van der Waals surface area (Å²) in [7, 11) is 0. The summed E-state index contributed by atoms with van der Waals surface area (Å²) in [6, 6.07) is 9.24. The van der Waals surface area contributed by atoms with Crippen LogP contribution in [0.1, 0.15) is 36.6 Å². The number of carbonyl (C=O) groups excluding carboxylic acids is 3. The number of amides is 3. The fraction of sp³-hybridized carbons (Fsp3) is 0.455. The third-order valence-electron chi connectivity index (χ3n) is 6.73. The van der Waals surface area contributed by atoms with Crippen LogP contribution in [-0.2, 0) is 20.8 Å². The van der Waals surface area contributed by atoms with Crippen LogP contribution >= 0.6 is 11.3 Å². The number of hydrogen-bond acceptors (Lipinski definition) is 5. The fourth-order valence-corrected chi connectivity index (χ4v) is 6.23. The van der Waals surface area contributed by atoms with Gasteiger partial charge in [-0.1, -0.05) is 30.3 Å². The minimum Gasteiger partial charge on any atom is -0.300 e. The zero-order chi connectivity index (χ0) is 20.1. The van der Waals surface area contributed by atoms with Crippen molar-refractivity contribution in [3.8, 4) is 0 Å². The number of hydrogen-bond donors (Lipinski definition) is 1. The van der Waals surface area contributed by atoms with Crippen LogP contribution in [0.15, 0.2) is 36.5 Å². The van der Waals surface area contributed by atoms with Crippen LogP contribution in [0.25, 0.3) is 0 Å². The van der Waals surface area contributed by atoms with Crippen LogP contribution in [0.2, 0.25) is 0 Å². The molecule has 2 heterocycles. The normalized spacial score (nSPS) is 28.7. The Morgan fingerprint density at radius 3 is 2.48 bits per heavy atom. The van der Waals surface area contributed by atoms with Crippen molar-refractivity contribution in [2.75, 3.05) is 5.32 Å². The zero-order valence-electron chi connectivity index (χ0n) is 16.2. The highest BCUT2D eigenvalue weighted by Gasteiger charge is 2.62. The minimum atomic E-state index is -0.818. The summed E-state index contributed by atoms with van der Waals surface area (Å²) in [5.74, 6) is -0.428. The molecule has 5 rings (SSSR count). The molecule has 7 heteroatoms. The van der Waals surface area contributed by atoms with E-state index in [1.165, 1.54) is 21.8 Å². The second-order valence-electron chi connectivity index (χ2n) is 8.39. The number of benzene rings is 1. The third-order valence-corrected chi connectivity index (χ3v) is 7.65. The van der Waals surface area contributed by atoms with Crippen LogP contribution < -0.4 is 5.32 Å². The van der Waals surface area contributed by atoms with E-state index >= 15 is 0 Å². The number of rotatable bonds is 5. The Morgan fingerprint density at radius 1 is 1.17 bits per heavy atom. The smallest absolute Gasteiger partial charge is 0.249 e. The van der Waals surface area contributed by atoms with Gasteiger partial charge in [0.2, 0.25) is 17.7 Å². The van der Waals surface area contributed by atoms with Gasteiger partial charge in [-0.15, -0.1) is 11.3 Å². The quantitative estimate of drug-likeness (QED) is 0.770. The first kappa shape index (κ1) is 18.5. The minimum absolute atomic E-state index is 0.154. The molecule has 2 aliphatic carbocycles. The maximum atomic E-state index is 12.9. The number of fused-ring (bicyclic) bond motifs is 5. The Hall–Kier alpha value is -2.54. The molecule has 2 bridgehead atoms. The molecule has 1 aromatic heterocycles. The molecule has 0 unspecified atom stereocenters. The number of imide groups is 1. The van der Waals surface area contributed by atoms with E-state index in [2.05, 4.69) is 22.4 Å². The molecule has 29 heavy (non-hydrogen) atoms. The van der Waals surface area contributed by atoms with Gasteiger partial charge >= 0.3 is 0 Å². The number of likely N-dealkylation sites (tertiary alicyclic amines) is 1. The van der Waals surface area contributed by atoms with Crippen molar-refractivity contribution in [3.63, 3.8) is 0 Å². The van der Waals surface area contributed by atoms with E-state index < -0.39 is 6.04 Å². The molecule has 0 spiro atoms. The standard InChI is InChI=1S/C22H23N3O3S/c1-12(25-20(27)17-14-7-8-15(10-14)18(17)21(25)28)19(26)24-22-23-11-16(29-22)9-13-5-3-2-4-6-13/h2-6,11-12,14-15,17-18H,7-10H2,1H3,(H,23,24,26)/t12-,14+,15+,17-,18-/m1/s1. The lowest BCUT2D eigenvalue weighted by atomic mass is 9.81. The Bertz CT molecular complexity index is 945. The van der Waals surface area contributed by atoms with Crippen molar-refractivity contribution in [3.05, 3.63) is 47.0 Å². The highest BCUT2D eigenvalue weighted by atomic mass is 32.1. The molecule has 6 nitrogen and oxygen atoms in total. The van der Waals surface area contributed by atoms with Gasteiger partial charge in [-0.25, -0.2) is 4.98 Å². The molecule has 3 fully saturated rings. The topological polar surface area (TPSA) is 79.4 Å². The lowest BCUT2D eigenvalue weighted by molar-refractivity contribution is -0.146. The average molecular weight is 410 g/mol. The first-order valence-corrected chi connectivity index (χ1v) is 11.0. The second kappa shape index (κ2) is 7.06. The van der Waals surface area contributed by atoms with Gasteiger partial charge in [-0.2, -0.15) is 0 Å². The zero-order valence-corrected chi connectivity index (χ0v) is 17.0. The molecular formula is C22H23N3O3S. The van der Waals surface area contributed by atoms with Gasteiger partial charge in [0, 0.05) is 17.5 Å². The maximum Gasteiger partial charge on any atom is 0.249 e. The monoisotopic (exact) mass is 409 g/mol.